The summed E-state index contributed by atoms with van der Waals surface area (Å²) in [5.74, 6) is 0.744. The van der Waals surface area contributed by atoms with E-state index in [1.807, 2.05) is 59.5 Å². The van der Waals surface area contributed by atoms with Crippen molar-refractivity contribution < 1.29 is 9.53 Å². The van der Waals surface area contributed by atoms with Crippen molar-refractivity contribution in [3.8, 4) is 5.75 Å². The number of ether oxygens (including phenoxy) is 1. The summed E-state index contributed by atoms with van der Waals surface area (Å²) in [6.45, 7) is 3.94. The largest absolute Gasteiger partial charge is 0.494 e. The van der Waals surface area contributed by atoms with E-state index >= 15 is 0 Å². The van der Waals surface area contributed by atoms with Crippen LogP contribution in [-0.2, 0) is 11.3 Å². The molecule has 0 saturated carbocycles. The molecule has 0 aliphatic carbocycles. The summed E-state index contributed by atoms with van der Waals surface area (Å²) in [5, 5.41) is 2.70. The number of hydrogen-bond acceptors (Lipinski definition) is 6. The Hall–Kier alpha value is -2.97. The van der Waals surface area contributed by atoms with E-state index in [0.29, 0.717) is 18.3 Å². The third-order valence-corrected chi connectivity index (χ3v) is 6.33. The quantitative estimate of drug-likeness (QED) is 0.342. The minimum absolute atomic E-state index is 0.0712. The predicted molar refractivity (Wildman–Crippen MR) is 123 cm³/mol. The van der Waals surface area contributed by atoms with Crippen molar-refractivity contribution in [2.24, 2.45) is 0 Å². The van der Waals surface area contributed by atoms with Gasteiger partial charge in [-0.25, -0.2) is 9.97 Å². The van der Waals surface area contributed by atoms with Gasteiger partial charge in [-0.2, -0.15) is 0 Å². The van der Waals surface area contributed by atoms with Crippen LogP contribution in [0.1, 0.15) is 18.2 Å². The minimum Gasteiger partial charge on any atom is -0.494 e. The van der Waals surface area contributed by atoms with Crippen LogP contribution in [0.2, 0.25) is 0 Å². The predicted octanol–water partition coefficient (Wildman–Crippen LogP) is 5.09. The van der Waals surface area contributed by atoms with Gasteiger partial charge in [0.25, 0.3) is 5.91 Å². The Balaban J connectivity index is 1.56. The molecule has 1 aromatic carbocycles. The Bertz CT molecular complexity index is 1120. The normalized spacial score (nSPS) is 11.4. The molecular formula is C22H22N4O2S2. The summed E-state index contributed by atoms with van der Waals surface area (Å²) in [4.78, 5) is 24.6. The number of carbonyl (C=O) groups is 1. The number of carbonyl (C=O) groups excluding carboxylic acids is 1. The summed E-state index contributed by atoms with van der Waals surface area (Å²) in [7, 11) is 0. The van der Waals surface area contributed by atoms with Gasteiger partial charge in [-0.05, 0) is 49.1 Å². The lowest BCUT2D eigenvalue weighted by atomic mass is 10.3. The molecule has 0 atom stereocenters. The average molecular weight is 439 g/mol. The van der Waals surface area contributed by atoms with E-state index in [0.717, 1.165) is 33.8 Å². The number of amides is 1. The molecule has 0 saturated heterocycles. The standard InChI is InChI=1S/C22H22N4O2S2/c1-2-28-17-6-8-19-20(15-17)30-22(24-19)26(12-4-11-25-13-10-23-16-25)21(27)9-7-18-5-3-14-29-18/h3,5-10,13-16H,2,4,11-12H2,1H3/b9-7+. The number of benzene rings is 1. The van der Waals surface area contributed by atoms with Crippen molar-refractivity contribution in [3.05, 3.63) is 65.4 Å². The first-order chi connectivity index (χ1) is 14.7. The summed E-state index contributed by atoms with van der Waals surface area (Å²) >= 11 is 3.11. The number of nitrogens with zero attached hydrogens (tertiary/aromatic N) is 4. The molecule has 6 nitrogen and oxygen atoms in total. The molecule has 3 heterocycles. The zero-order valence-corrected chi connectivity index (χ0v) is 18.2. The van der Waals surface area contributed by atoms with Gasteiger partial charge in [0.2, 0.25) is 0 Å². The van der Waals surface area contributed by atoms with Gasteiger partial charge in [-0.15, -0.1) is 11.3 Å². The molecule has 0 fully saturated rings. The number of aryl methyl sites for hydroxylation is 1. The van der Waals surface area contributed by atoms with E-state index in [1.54, 1.807) is 34.8 Å². The van der Waals surface area contributed by atoms with Crippen LogP contribution in [0, 0.1) is 0 Å². The average Bonchev–Trinajstić information content (AvgIpc) is 3.51. The minimum atomic E-state index is -0.0712. The summed E-state index contributed by atoms with van der Waals surface area (Å²) in [6, 6.07) is 9.80. The van der Waals surface area contributed by atoms with E-state index in [-0.39, 0.29) is 5.91 Å². The number of fused-ring (bicyclic) bond motifs is 1. The smallest absolute Gasteiger partial charge is 0.252 e. The number of thiazole rings is 1. The maximum atomic E-state index is 13.0. The van der Waals surface area contributed by atoms with Crippen LogP contribution in [-0.4, -0.2) is 33.6 Å². The topological polar surface area (TPSA) is 60.2 Å². The SMILES string of the molecule is CCOc1ccc2nc(N(CCCn3ccnc3)C(=O)/C=C/c3cccs3)sc2c1. The number of imidazole rings is 1. The molecule has 1 amide bonds. The highest BCUT2D eigenvalue weighted by molar-refractivity contribution is 7.22. The van der Waals surface area contributed by atoms with Crippen LogP contribution in [0.5, 0.6) is 5.75 Å². The van der Waals surface area contributed by atoms with Crippen LogP contribution in [0.4, 0.5) is 5.13 Å². The molecule has 4 aromatic rings. The molecule has 0 aliphatic heterocycles. The third kappa shape index (κ3) is 4.95. The van der Waals surface area contributed by atoms with Crippen LogP contribution in [0.3, 0.4) is 0 Å². The second-order valence-corrected chi connectivity index (χ2v) is 8.54. The van der Waals surface area contributed by atoms with Crippen molar-refractivity contribution in [3.63, 3.8) is 0 Å². The van der Waals surface area contributed by atoms with Gasteiger partial charge in [0.15, 0.2) is 5.13 Å². The Labute approximate surface area is 183 Å². The van der Waals surface area contributed by atoms with Crippen LogP contribution >= 0.6 is 22.7 Å². The highest BCUT2D eigenvalue weighted by Crippen LogP contribution is 2.32. The van der Waals surface area contributed by atoms with Crippen LogP contribution < -0.4 is 9.64 Å². The fourth-order valence-electron chi connectivity index (χ4n) is 3.02. The first kappa shape index (κ1) is 20.3. The van der Waals surface area contributed by atoms with Crippen LogP contribution in [0.15, 0.2) is 60.5 Å². The van der Waals surface area contributed by atoms with Crippen molar-refractivity contribution in [1.82, 2.24) is 14.5 Å². The van der Waals surface area contributed by atoms with E-state index < -0.39 is 0 Å². The molecule has 3 aromatic heterocycles. The van der Waals surface area contributed by atoms with E-state index in [9.17, 15) is 4.79 Å². The highest BCUT2D eigenvalue weighted by Gasteiger charge is 2.18. The Morgan fingerprint density at radius 3 is 3.03 bits per heavy atom. The lowest BCUT2D eigenvalue weighted by molar-refractivity contribution is -0.114. The van der Waals surface area contributed by atoms with Gasteiger partial charge < -0.3 is 9.30 Å². The fraction of sp³-hybridized carbons (Fsp3) is 0.227. The zero-order chi connectivity index (χ0) is 20.8. The van der Waals surface area contributed by atoms with Crippen molar-refractivity contribution in [2.75, 3.05) is 18.1 Å². The van der Waals surface area contributed by atoms with Gasteiger partial charge >= 0.3 is 0 Å². The van der Waals surface area contributed by atoms with E-state index in [1.165, 1.54) is 11.3 Å². The van der Waals surface area contributed by atoms with Gasteiger partial charge in [-0.3, -0.25) is 9.69 Å². The number of thiophene rings is 1. The molecule has 154 valence electrons. The monoisotopic (exact) mass is 438 g/mol. The Morgan fingerprint density at radius 2 is 2.27 bits per heavy atom. The van der Waals surface area contributed by atoms with Gasteiger partial charge in [0, 0.05) is 36.4 Å². The zero-order valence-electron chi connectivity index (χ0n) is 16.6. The summed E-state index contributed by atoms with van der Waals surface area (Å²) in [6.07, 6.45) is 9.76. The first-order valence-corrected chi connectivity index (χ1v) is 11.4. The molecule has 0 unspecified atom stereocenters. The molecular weight excluding hydrogens is 416 g/mol. The third-order valence-electron chi connectivity index (χ3n) is 4.45. The van der Waals surface area contributed by atoms with Gasteiger partial charge in [0.05, 0.1) is 23.2 Å². The molecule has 0 N–H and O–H groups in total. The van der Waals surface area contributed by atoms with E-state index in [4.69, 9.17) is 9.72 Å². The van der Waals surface area contributed by atoms with Crippen LogP contribution in [0.25, 0.3) is 16.3 Å². The van der Waals surface area contributed by atoms with Crippen molar-refractivity contribution in [1.29, 1.82) is 0 Å². The second-order valence-electron chi connectivity index (χ2n) is 6.55. The molecule has 4 rings (SSSR count). The number of rotatable bonds is 9. The number of aromatic nitrogens is 3. The Kier molecular flexibility index (Phi) is 6.56. The lowest BCUT2D eigenvalue weighted by Crippen LogP contribution is -2.30. The molecule has 0 aliphatic rings. The van der Waals surface area contributed by atoms with Crippen molar-refractivity contribution in [2.45, 2.75) is 19.9 Å². The molecule has 0 radical (unpaired) electrons. The van der Waals surface area contributed by atoms with Gasteiger partial charge in [-0.1, -0.05) is 17.4 Å². The second kappa shape index (κ2) is 9.69. The molecule has 8 heteroatoms. The van der Waals surface area contributed by atoms with Crippen molar-refractivity contribution >= 4 is 50.0 Å². The van der Waals surface area contributed by atoms with E-state index in [2.05, 4.69) is 4.98 Å². The molecule has 0 bridgehead atoms. The highest BCUT2D eigenvalue weighted by atomic mass is 32.1. The maximum absolute atomic E-state index is 13.0. The first-order valence-electron chi connectivity index (χ1n) is 9.75. The fourth-order valence-corrected chi connectivity index (χ4v) is 4.67. The molecule has 0 spiro atoms. The molecule has 30 heavy (non-hydrogen) atoms. The summed E-state index contributed by atoms with van der Waals surface area (Å²) in [5.41, 5.74) is 0.869. The number of hydrogen-bond donors (Lipinski definition) is 0. The summed E-state index contributed by atoms with van der Waals surface area (Å²) < 4.78 is 8.61. The van der Waals surface area contributed by atoms with Gasteiger partial charge in [0.1, 0.15) is 5.75 Å². The Morgan fingerprint density at radius 1 is 1.33 bits per heavy atom. The maximum Gasteiger partial charge on any atom is 0.252 e. The number of anilines is 1. The lowest BCUT2D eigenvalue weighted by Gasteiger charge is -2.18.